The number of aromatic nitrogens is 2. The van der Waals surface area contributed by atoms with E-state index in [1.54, 1.807) is 12.4 Å². The van der Waals surface area contributed by atoms with Gasteiger partial charge in [0.25, 0.3) is 5.91 Å². The van der Waals surface area contributed by atoms with Gasteiger partial charge in [0, 0.05) is 52.3 Å². The van der Waals surface area contributed by atoms with Gasteiger partial charge in [-0.05, 0) is 23.8 Å². The van der Waals surface area contributed by atoms with Gasteiger partial charge in [0.05, 0.1) is 11.6 Å². The van der Waals surface area contributed by atoms with Crippen LogP contribution in [-0.2, 0) is 0 Å². The molecule has 1 amide bonds. The van der Waals surface area contributed by atoms with Gasteiger partial charge < -0.3 is 15.1 Å². The molecule has 6 nitrogen and oxygen atoms in total. The maximum atomic E-state index is 12.9. The lowest BCUT2D eigenvalue weighted by molar-refractivity contribution is 0.0633. The second-order valence-electron chi connectivity index (χ2n) is 5.80. The van der Waals surface area contributed by atoms with Crippen molar-refractivity contribution in [1.29, 1.82) is 0 Å². The smallest absolute Gasteiger partial charge is 0.256 e. The van der Waals surface area contributed by atoms with Crippen molar-refractivity contribution < 1.29 is 4.79 Å². The predicted molar refractivity (Wildman–Crippen MR) is 89.4 cm³/mol. The van der Waals surface area contributed by atoms with Crippen LogP contribution in [0.2, 0.25) is 0 Å². The van der Waals surface area contributed by atoms with Gasteiger partial charge in [-0.1, -0.05) is 6.07 Å². The Morgan fingerprint density at radius 1 is 1.30 bits per heavy atom. The van der Waals surface area contributed by atoms with E-state index in [4.69, 9.17) is 0 Å². The zero-order valence-corrected chi connectivity index (χ0v) is 13.4. The number of carbonyl (C=O) groups excluding carboxylic acids is 1. The van der Waals surface area contributed by atoms with Gasteiger partial charge in [-0.3, -0.25) is 9.78 Å². The number of rotatable bonds is 3. The molecule has 1 fully saturated rings. The van der Waals surface area contributed by atoms with Crippen LogP contribution in [0.4, 0.5) is 5.82 Å². The van der Waals surface area contributed by atoms with Gasteiger partial charge in [0.15, 0.2) is 0 Å². The van der Waals surface area contributed by atoms with Crippen LogP contribution in [0.5, 0.6) is 0 Å². The number of nitrogens with one attached hydrogen (secondary N) is 1. The lowest BCUT2D eigenvalue weighted by Crippen LogP contribution is -2.48. The van der Waals surface area contributed by atoms with E-state index < -0.39 is 0 Å². The van der Waals surface area contributed by atoms with Gasteiger partial charge in [0.1, 0.15) is 5.82 Å². The monoisotopic (exact) mass is 311 g/mol. The van der Waals surface area contributed by atoms with Crippen LogP contribution in [-0.4, -0.2) is 54.5 Å². The van der Waals surface area contributed by atoms with Gasteiger partial charge in [0.2, 0.25) is 0 Å². The largest absolute Gasteiger partial charge is 0.363 e. The van der Waals surface area contributed by atoms with Crippen molar-refractivity contribution in [3.05, 3.63) is 54.0 Å². The third-order valence-electron chi connectivity index (χ3n) is 4.03. The molecular formula is C17H21N5O. The lowest BCUT2D eigenvalue weighted by Gasteiger charge is -2.36. The van der Waals surface area contributed by atoms with Gasteiger partial charge in [-0.2, -0.15) is 0 Å². The summed E-state index contributed by atoms with van der Waals surface area (Å²) >= 11 is 0. The van der Waals surface area contributed by atoms with Crippen molar-refractivity contribution in [3.63, 3.8) is 0 Å². The van der Waals surface area contributed by atoms with Crippen LogP contribution in [0.1, 0.15) is 22.0 Å². The zero-order chi connectivity index (χ0) is 16.2. The van der Waals surface area contributed by atoms with E-state index in [0.29, 0.717) is 12.1 Å². The fraction of sp³-hybridized carbons (Fsp3) is 0.353. The molecule has 0 radical (unpaired) electrons. The average molecular weight is 311 g/mol. The molecule has 3 heterocycles. The summed E-state index contributed by atoms with van der Waals surface area (Å²) in [7, 11) is 3.86. The molecule has 2 aromatic heterocycles. The van der Waals surface area contributed by atoms with Crippen molar-refractivity contribution in [1.82, 2.24) is 20.2 Å². The van der Waals surface area contributed by atoms with E-state index in [9.17, 15) is 4.79 Å². The Bertz CT molecular complexity index is 656. The Balaban J connectivity index is 1.84. The highest BCUT2D eigenvalue weighted by atomic mass is 16.2. The maximum absolute atomic E-state index is 12.9. The summed E-state index contributed by atoms with van der Waals surface area (Å²) < 4.78 is 0. The molecule has 3 rings (SSSR count). The summed E-state index contributed by atoms with van der Waals surface area (Å²) in [6, 6.07) is 7.62. The summed E-state index contributed by atoms with van der Waals surface area (Å²) in [6.07, 6.45) is 5.22. The quantitative estimate of drug-likeness (QED) is 0.926. The SMILES string of the molecule is CN(C)c1ccc(C(=O)N2CCNCC2c2cccnc2)cn1. The standard InChI is InChI=1S/C17H21N5O/c1-21(2)16-6-5-14(11-20-16)17(23)22-9-8-19-12-15(22)13-4-3-7-18-10-13/h3-7,10-11,15,19H,8-9,12H2,1-2H3. The van der Waals surface area contributed by atoms with Crippen LogP contribution < -0.4 is 10.2 Å². The molecule has 0 aliphatic carbocycles. The maximum Gasteiger partial charge on any atom is 0.256 e. The molecule has 1 atom stereocenters. The van der Waals surface area contributed by atoms with Gasteiger partial charge in [-0.15, -0.1) is 0 Å². The Morgan fingerprint density at radius 2 is 2.17 bits per heavy atom. The van der Waals surface area contributed by atoms with E-state index in [1.165, 1.54) is 0 Å². The lowest BCUT2D eigenvalue weighted by atomic mass is 10.0. The Labute approximate surface area is 136 Å². The molecule has 0 spiro atoms. The highest BCUT2D eigenvalue weighted by Crippen LogP contribution is 2.23. The molecule has 1 N–H and O–H groups in total. The van der Waals surface area contributed by atoms with E-state index in [0.717, 1.165) is 24.5 Å². The topological polar surface area (TPSA) is 61.4 Å². The molecule has 0 bridgehead atoms. The first kappa shape index (κ1) is 15.4. The van der Waals surface area contributed by atoms with Crippen LogP contribution in [0.15, 0.2) is 42.9 Å². The minimum Gasteiger partial charge on any atom is -0.363 e. The first-order valence-electron chi connectivity index (χ1n) is 7.72. The average Bonchev–Trinajstić information content (AvgIpc) is 2.62. The Morgan fingerprint density at radius 3 is 2.83 bits per heavy atom. The van der Waals surface area contributed by atoms with Crippen molar-refractivity contribution in [2.75, 3.05) is 38.6 Å². The van der Waals surface area contributed by atoms with Crippen molar-refractivity contribution in [2.45, 2.75) is 6.04 Å². The van der Waals surface area contributed by atoms with Crippen molar-refractivity contribution in [3.8, 4) is 0 Å². The Hall–Kier alpha value is -2.47. The molecule has 1 unspecified atom stereocenters. The summed E-state index contributed by atoms with van der Waals surface area (Å²) in [5, 5.41) is 3.35. The minimum atomic E-state index is -0.00141. The van der Waals surface area contributed by atoms with Crippen LogP contribution in [0, 0.1) is 0 Å². The molecule has 1 aliphatic heterocycles. The number of piperazine rings is 1. The van der Waals surface area contributed by atoms with E-state index in [2.05, 4.69) is 15.3 Å². The highest BCUT2D eigenvalue weighted by Gasteiger charge is 2.28. The van der Waals surface area contributed by atoms with Gasteiger partial charge >= 0.3 is 0 Å². The Kier molecular flexibility index (Phi) is 4.52. The third kappa shape index (κ3) is 3.32. The minimum absolute atomic E-state index is 0.00141. The van der Waals surface area contributed by atoms with Gasteiger partial charge in [-0.25, -0.2) is 4.98 Å². The molecule has 120 valence electrons. The first-order valence-corrected chi connectivity index (χ1v) is 7.72. The van der Waals surface area contributed by atoms with E-state index >= 15 is 0 Å². The predicted octanol–water partition coefficient (Wildman–Crippen LogP) is 1.33. The number of anilines is 1. The fourth-order valence-corrected chi connectivity index (χ4v) is 2.76. The normalized spacial score (nSPS) is 17.8. The second kappa shape index (κ2) is 6.75. The first-order chi connectivity index (χ1) is 11.2. The molecule has 1 saturated heterocycles. The fourth-order valence-electron chi connectivity index (χ4n) is 2.76. The van der Waals surface area contributed by atoms with Crippen molar-refractivity contribution >= 4 is 11.7 Å². The summed E-state index contributed by atoms with van der Waals surface area (Å²) in [5.74, 6) is 0.851. The summed E-state index contributed by atoms with van der Waals surface area (Å²) in [5.41, 5.74) is 1.66. The molecule has 0 saturated carbocycles. The number of nitrogens with zero attached hydrogens (tertiary/aromatic N) is 4. The van der Waals surface area contributed by atoms with E-state index in [1.807, 2.05) is 54.4 Å². The molecular weight excluding hydrogens is 290 g/mol. The molecule has 6 heteroatoms. The van der Waals surface area contributed by atoms with E-state index in [-0.39, 0.29) is 11.9 Å². The number of hydrogen-bond donors (Lipinski definition) is 1. The second-order valence-corrected chi connectivity index (χ2v) is 5.80. The third-order valence-corrected chi connectivity index (χ3v) is 4.03. The van der Waals surface area contributed by atoms with Crippen molar-refractivity contribution in [2.24, 2.45) is 0 Å². The molecule has 1 aliphatic rings. The summed E-state index contributed by atoms with van der Waals surface area (Å²) in [4.78, 5) is 25.2. The summed E-state index contributed by atoms with van der Waals surface area (Å²) in [6.45, 7) is 2.21. The van der Waals surface area contributed by atoms with Crippen LogP contribution in [0.3, 0.4) is 0 Å². The molecule has 0 aromatic carbocycles. The number of carbonyl (C=O) groups is 1. The number of hydrogen-bond acceptors (Lipinski definition) is 5. The molecule has 2 aromatic rings. The van der Waals surface area contributed by atoms with Crippen LogP contribution >= 0.6 is 0 Å². The number of pyridine rings is 2. The van der Waals surface area contributed by atoms with Crippen LogP contribution in [0.25, 0.3) is 0 Å². The zero-order valence-electron chi connectivity index (χ0n) is 13.4. The number of amides is 1. The highest BCUT2D eigenvalue weighted by molar-refractivity contribution is 5.94. The molecule has 23 heavy (non-hydrogen) atoms.